The Kier molecular flexibility index (Phi) is 5.27. The summed E-state index contributed by atoms with van der Waals surface area (Å²) in [5.41, 5.74) is 3.81. The molecule has 1 amide bonds. The molecule has 0 bridgehead atoms. The highest BCUT2D eigenvalue weighted by molar-refractivity contribution is 6.09. The van der Waals surface area contributed by atoms with Gasteiger partial charge in [-0.05, 0) is 56.7 Å². The molecule has 0 saturated heterocycles. The molecule has 2 heterocycles. The number of ether oxygens (including phenoxy) is 2. The third-order valence-electron chi connectivity index (χ3n) is 5.15. The van der Waals surface area contributed by atoms with Gasteiger partial charge in [0.05, 0.1) is 19.4 Å². The molecule has 0 radical (unpaired) electrons. The number of hydrogen-bond donors (Lipinski definition) is 0. The highest BCUT2D eigenvalue weighted by Crippen LogP contribution is 2.29. The molecule has 1 aromatic heterocycles. The summed E-state index contributed by atoms with van der Waals surface area (Å²) in [4.78, 5) is 27.7. The Hall–Kier alpha value is -3.61. The van der Waals surface area contributed by atoms with Gasteiger partial charge in [-0.3, -0.25) is 4.79 Å². The number of rotatable bonds is 5. The summed E-state index contributed by atoms with van der Waals surface area (Å²) in [5.74, 6) is -0.0189. The van der Waals surface area contributed by atoms with E-state index in [1.165, 1.54) is 4.68 Å². The molecule has 0 spiro atoms. The van der Waals surface area contributed by atoms with Crippen LogP contribution in [0.2, 0.25) is 0 Å². The number of nitrogens with zero attached hydrogens (tertiary/aromatic N) is 3. The van der Waals surface area contributed by atoms with Crippen molar-refractivity contribution in [3.63, 3.8) is 0 Å². The van der Waals surface area contributed by atoms with E-state index in [-0.39, 0.29) is 18.2 Å². The first-order valence-corrected chi connectivity index (χ1v) is 9.85. The quantitative estimate of drug-likeness (QED) is 0.607. The number of esters is 1. The first-order valence-electron chi connectivity index (χ1n) is 9.85. The van der Waals surface area contributed by atoms with E-state index in [1.54, 1.807) is 43.2 Å². The predicted octanol–water partition coefficient (Wildman–Crippen LogP) is 3.57. The largest absolute Gasteiger partial charge is 0.497 e. The van der Waals surface area contributed by atoms with Gasteiger partial charge >= 0.3 is 5.97 Å². The van der Waals surface area contributed by atoms with Crippen molar-refractivity contribution in [2.45, 2.75) is 20.3 Å². The highest BCUT2D eigenvalue weighted by Gasteiger charge is 2.35. The molecule has 30 heavy (non-hydrogen) atoms. The number of fused-ring (bicyclic) bond motifs is 1. The first-order chi connectivity index (χ1) is 14.5. The summed E-state index contributed by atoms with van der Waals surface area (Å²) in [6, 6.07) is 15.0. The normalized spacial score (nSPS) is 13.2. The molecule has 2 aromatic carbocycles. The number of hydrogen-bond acceptors (Lipinski definition) is 5. The average Bonchev–Trinajstić information content (AvgIpc) is 3.16. The lowest BCUT2D eigenvalue weighted by Crippen LogP contribution is -2.39. The molecule has 7 heteroatoms. The molecule has 0 unspecified atom stereocenters. The van der Waals surface area contributed by atoms with Crippen LogP contribution in [0.5, 0.6) is 5.75 Å². The monoisotopic (exact) mass is 405 g/mol. The molecule has 1 aliphatic rings. The maximum absolute atomic E-state index is 13.5. The van der Waals surface area contributed by atoms with Gasteiger partial charge in [-0.15, -0.1) is 0 Å². The van der Waals surface area contributed by atoms with Crippen molar-refractivity contribution in [1.82, 2.24) is 9.78 Å². The molecule has 0 N–H and O–H groups in total. The van der Waals surface area contributed by atoms with Crippen molar-refractivity contribution in [3.8, 4) is 11.4 Å². The predicted molar refractivity (Wildman–Crippen MR) is 113 cm³/mol. The van der Waals surface area contributed by atoms with Crippen LogP contribution in [0.25, 0.3) is 5.69 Å². The van der Waals surface area contributed by atoms with Crippen LogP contribution in [0.3, 0.4) is 0 Å². The number of aromatic nitrogens is 2. The van der Waals surface area contributed by atoms with Crippen LogP contribution in [0.15, 0.2) is 48.5 Å². The second-order valence-corrected chi connectivity index (χ2v) is 7.05. The topological polar surface area (TPSA) is 73.7 Å². The molecule has 1 aliphatic heterocycles. The molecule has 154 valence electrons. The number of aryl methyl sites for hydroxylation is 1. The fraction of sp³-hybridized carbons (Fsp3) is 0.261. The summed E-state index contributed by atoms with van der Waals surface area (Å²) >= 11 is 0. The zero-order valence-electron chi connectivity index (χ0n) is 17.2. The van der Waals surface area contributed by atoms with E-state index in [4.69, 9.17) is 9.47 Å². The van der Waals surface area contributed by atoms with Crippen molar-refractivity contribution < 1.29 is 19.1 Å². The van der Waals surface area contributed by atoms with Gasteiger partial charge in [0.15, 0.2) is 5.69 Å². The van der Waals surface area contributed by atoms with Crippen LogP contribution in [0.4, 0.5) is 5.69 Å². The summed E-state index contributed by atoms with van der Waals surface area (Å²) in [6.45, 7) is 4.46. The Labute approximate surface area is 174 Å². The van der Waals surface area contributed by atoms with Gasteiger partial charge in [-0.2, -0.15) is 5.10 Å². The van der Waals surface area contributed by atoms with Gasteiger partial charge < -0.3 is 14.4 Å². The maximum Gasteiger partial charge on any atom is 0.359 e. The van der Waals surface area contributed by atoms with Crippen molar-refractivity contribution in [3.05, 3.63) is 71.0 Å². The fourth-order valence-electron chi connectivity index (χ4n) is 3.60. The molecule has 0 saturated carbocycles. The molecule has 0 aliphatic carbocycles. The zero-order chi connectivity index (χ0) is 21.3. The highest BCUT2D eigenvalue weighted by atomic mass is 16.5. The SMILES string of the molecule is CCOC(=O)c1nn(-c2ccc(OC)cc2)c2c1CCN(c1ccc(C)cc1)C2=O. The summed E-state index contributed by atoms with van der Waals surface area (Å²) in [7, 11) is 1.59. The smallest absolute Gasteiger partial charge is 0.359 e. The fourth-order valence-corrected chi connectivity index (χ4v) is 3.60. The van der Waals surface area contributed by atoms with E-state index in [0.29, 0.717) is 35.7 Å². The van der Waals surface area contributed by atoms with Gasteiger partial charge in [0.1, 0.15) is 11.4 Å². The Morgan fingerprint density at radius 1 is 1.07 bits per heavy atom. The van der Waals surface area contributed by atoms with Crippen LogP contribution in [-0.4, -0.2) is 41.9 Å². The molecular formula is C23H23N3O4. The maximum atomic E-state index is 13.5. The minimum Gasteiger partial charge on any atom is -0.497 e. The number of carbonyl (C=O) groups excluding carboxylic acids is 2. The van der Waals surface area contributed by atoms with Gasteiger partial charge in [0.25, 0.3) is 5.91 Å². The number of carbonyl (C=O) groups is 2. The third-order valence-corrected chi connectivity index (χ3v) is 5.15. The Bertz CT molecular complexity index is 1080. The van der Waals surface area contributed by atoms with E-state index in [0.717, 1.165) is 11.3 Å². The molecule has 3 aromatic rings. The lowest BCUT2D eigenvalue weighted by atomic mass is 10.0. The van der Waals surface area contributed by atoms with E-state index < -0.39 is 5.97 Å². The number of anilines is 1. The van der Waals surface area contributed by atoms with Crippen molar-refractivity contribution in [2.24, 2.45) is 0 Å². The van der Waals surface area contributed by atoms with Gasteiger partial charge in [0.2, 0.25) is 0 Å². The molecular weight excluding hydrogens is 382 g/mol. The molecule has 0 fully saturated rings. The van der Waals surface area contributed by atoms with Crippen molar-refractivity contribution >= 4 is 17.6 Å². The Balaban J connectivity index is 1.82. The Morgan fingerprint density at radius 2 is 1.73 bits per heavy atom. The third kappa shape index (κ3) is 3.43. The van der Waals surface area contributed by atoms with Crippen LogP contribution >= 0.6 is 0 Å². The average molecular weight is 405 g/mol. The van der Waals surface area contributed by atoms with E-state index in [2.05, 4.69) is 5.10 Å². The minimum absolute atomic E-state index is 0.194. The van der Waals surface area contributed by atoms with Crippen molar-refractivity contribution in [1.29, 1.82) is 0 Å². The van der Waals surface area contributed by atoms with E-state index in [1.807, 2.05) is 31.2 Å². The summed E-state index contributed by atoms with van der Waals surface area (Å²) < 4.78 is 11.9. The van der Waals surface area contributed by atoms with Gasteiger partial charge in [-0.25, -0.2) is 9.48 Å². The number of benzene rings is 2. The number of amides is 1. The summed E-state index contributed by atoms with van der Waals surface area (Å²) in [6.07, 6.45) is 0.513. The lowest BCUT2D eigenvalue weighted by Gasteiger charge is -2.27. The standard InChI is InChI=1S/C23H23N3O4/c1-4-30-23(28)20-19-13-14-25(16-7-5-15(2)6-8-16)22(27)21(19)26(24-20)17-9-11-18(29-3)12-10-17/h5-12H,4,13-14H2,1-3H3. The number of methoxy groups -OCH3 is 1. The van der Waals surface area contributed by atoms with Gasteiger partial charge in [0, 0.05) is 17.8 Å². The summed E-state index contributed by atoms with van der Waals surface area (Å²) in [5, 5.41) is 4.48. The van der Waals surface area contributed by atoms with Crippen molar-refractivity contribution in [2.75, 3.05) is 25.2 Å². The van der Waals surface area contributed by atoms with Gasteiger partial charge in [-0.1, -0.05) is 17.7 Å². The zero-order valence-corrected chi connectivity index (χ0v) is 17.2. The van der Waals surface area contributed by atoms with Crippen LogP contribution in [0.1, 0.15) is 39.0 Å². The van der Waals surface area contributed by atoms with Crippen LogP contribution in [0, 0.1) is 6.92 Å². The van der Waals surface area contributed by atoms with E-state index in [9.17, 15) is 9.59 Å². The molecule has 4 rings (SSSR count). The van der Waals surface area contributed by atoms with Crippen LogP contribution < -0.4 is 9.64 Å². The molecule has 0 atom stereocenters. The molecule has 7 nitrogen and oxygen atoms in total. The lowest BCUT2D eigenvalue weighted by molar-refractivity contribution is 0.0517. The first kappa shape index (κ1) is 19.7. The van der Waals surface area contributed by atoms with Crippen LogP contribution in [-0.2, 0) is 11.2 Å². The van der Waals surface area contributed by atoms with E-state index >= 15 is 0 Å². The second kappa shape index (κ2) is 8.02. The minimum atomic E-state index is -0.516. The Morgan fingerprint density at radius 3 is 2.37 bits per heavy atom. The second-order valence-electron chi connectivity index (χ2n) is 7.05.